The third kappa shape index (κ3) is 3.72. The number of rotatable bonds is 6. The van der Waals surface area contributed by atoms with Crippen molar-refractivity contribution in [2.24, 2.45) is 0 Å². The third-order valence-corrected chi connectivity index (χ3v) is 4.65. The van der Waals surface area contributed by atoms with Crippen LogP contribution in [0.1, 0.15) is 22.1 Å². The minimum absolute atomic E-state index is 0.0961. The summed E-state index contributed by atoms with van der Waals surface area (Å²) in [5, 5.41) is 8.77. The Morgan fingerprint density at radius 3 is 2.71 bits per heavy atom. The van der Waals surface area contributed by atoms with E-state index in [1.54, 1.807) is 17.4 Å². The molecule has 1 N–H and O–H groups in total. The molecule has 3 rings (SSSR count). The molecule has 3 aromatic rings. The number of likely N-dealkylation sites (N-methyl/N-ethyl adjacent to an activating group) is 1. The van der Waals surface area contributed by atoms with E-state index in [2.05, 4.69) is 27.5 Å². The lowest BCUT2D eigenvalue weighted by Crippen LogP contribution is -2.34. The number of amides is 1. The number of hydrogen-bond acceptors (Lipinski definition) is 5. The molecule has 5 nitrogen and oxygen atoms in total. The smallest absolute Gasteiger partial charge is 0.273 e. The Labute approximate surface area is 144 Å². The summed E-state index contributed by atoms with van der Waals surface area (Å²) in [5.41, 5.74) is 1.45. The second kappa shape index (κ2) is 7.42. The highest BCUT2D eigenvalue weighted by Gasteiger charge is 2.18. The summed E-state index contributed by atoms with van der Waals surface area (Å²) in [5.74, 6) is 0.381. The molecule has 1 aromatic carbocycles. The van der Waals surface area contributed by atoms with E-state index >= 15 is 0 Å². The molecule has 0 bridgehead atoms. The Hall–Kier alpha value is -2.44. The van der Waals surface area contributed by atoms with Gasteiger partial charge in [0.15, 0.2) is 11.5 Å². The van der Waals surface area contributed by atoms with Crippen LogP contribution in [0.4, 0.5) is 0 Å². The maximum atomic E-state index is 12.3. The van der Waals surface area contributed by atoms with Crippen LogP contribution in [0.3, 0.4) is 0 Å². The second-order valence-corrected chi connectivity index (χ2v) is 6.60. The van der Waals surface area contributed by atoms with Gasteiger partial charge in [0.1, 0.15) is 0 Å². The molecule has 0 saturated heterocycles. The lowest BCUT2D eigenvalue weighted by Gasteiger charge is -2.24. The molecule has 0 unspecified atom stereocenters. The van der Waals surface area contributed by atoms with Gasteiger partial charge in [-0.15, -0.1) is 11.3 Å². The lowest BCUT2D eigenvalue weighted by molar-refractivity contribution is 0.0933. The number of nitrogens with one attached hydrogen (secondary N) is 1. The van der Waals surface area contributed by atoms with Gasteiger partial charge < -0.3 is 14.7 Å². The summed E-state index contributed by atoms with van der Waals surface area (Å²) >= 11 is 1.55. The maximum absolute atomic E-state index is 12.3. The van der Waals surface area contributed by atoms with E-state index in [1.807, 2.05) is 49.8 Å². The highest BCUT2D eigenvalue weighted by atomic mass is 32.1. The third-order valence-electron chi connectivity index (χ3n) is 3.77. The number of thiophene rings is 1. The van der Waals surface area contributed by atoms with E-state index in [0.29, 0.717) is 18.0 Å². The summed E-state index contributed by atoms with van der Waals surface area (Å²) in [6, 6.07) is 15.7. The number of nitrogens with zero attached hydrogens (tertiary/aromatic N) is 2. The molecule has 124 valence electrons. The molecule has 0 saturated carbocycles. The first-order valence-corrected chi connectivity index (χ1v) is 8.53. The monoisotopic (exact) mass is 341 g/mol. The van der Waals surface area contributed by atoms with Crippen molar-refractivity contribution in [1.29, 1.82) is 0 Å². The zero-order valence-corrected chi connectivity index (χ0v) is 14.4. The van der Waals surface area contributed by atoms with Crippen molar-refractivity contribution in [3.63, 3.8) is 0 Å². The molecule has 1 atom stereocenters. The summed E-state index contributed by atoms with van der Waals surface area (Å²) in [4.78, 5) is 15.4. The fourth-order valence-electron chi connectivity index (χ4n) is 2.47. The normalized spacial score (nSPS) is 12.3. The van der Waals surface area contributed by atoms with Crippen LogP contribution in [0.15, 0.2) is 58.4 Å². The first-order valence-electron chi connectivity index (χ1n) is 7.65. The fourth-order valence-corrected chi connectivity index (χ4v) is 3.14. The molecule has 0 aliphatic rings. The summed E-state index contributed by atoms with van der Waals surface area (Å²) in [6.07, 6.45) is 0. The average molecular weight is 341 g/mol. The molecule has 2 aromatic heterocycles. The van der Waals surface area contributed by atoms with Crippen LogP contribution in [0, 0.1) is 0 Å². The SMILES string of the molecule is CN(C)[C@H](CNC(=O)c1cc(-c2cccs2)on1)c1ccccc1. The highest BCUT2D eigenvalue weighted by Crippen LogP contribution is 2.25. The molecular weight excluding hydrogens is 322 g/mol. The average Bonchev–Trinajstić information content (AvgIpc) is 3.27. The zero-order valence-electron chi connectivity index (χ0n) is 13.6. The van der Waals surface area contributed by atoms with Crippen molar-refractivity contribution in [3.05, 3.63) is 65.2 Å². The van der Waals surface area contributed by atoms with Gasteiger partial charge in [-0.3, -0.25) is 4.79 Å². The lowest BCUT2D eigenvalue weighted by atomic mass is 10.1. The van der Waals surface area contributed by atoms with Gasteiger partial charge in [0, 0.05) is 12.6 Å². The summed E-state index contributed by atoms with van der Waals surface area (Å²) < 4.78 is 5.26. The second-order valence-electron chi connectivity index (χ2n) is 5.65. The predicted octanol–water partition coefficient (Wildman–Crippen LogP) is 3.44. The molecule has 2 heterocycles. The van der Waals surface area contributed by atoms with Crippen molar-refractivity contribution in [3.8, 4) is 10.6 Å². The van der Waals surface area contributed by atoms with Gasteiger partial charge in [0.25, 0.3) is 5.91 Å². The number of aromatic nitrogens is 1. The topological polar surface area (TPSA) is 58.4 Å². The summed E-state index contributed by atoms with van der Waals surface area (Å²) in [6.45, 7) is 0.497. The van der Waals surface area contributed by atoms with Crippen molar-refractivity contribution in [1.82, 2.24) is 15.4 Å². The Kier molecular flexibility index (Phi) is 5.08. The van der Waals surface area contributed by atoms with Crippen LogP contribution < -0.4 is 5.32 Å². The quantitative estimate of drug-likeness (QED) is 0.746. The highest BCUT2D eigenvalue weighted by molar-refractivity contribution is 7.13. The van der Waals surface area contributed by atoms with E-state index in [4.69, 9.17) is 4.52 Å². The van der Waals surface area contributed by atoms with Crippen molar-refractivity contribution in [2.75, 3.05) is 20.6 Å². The minimum atomic E-state index is -0.232. The molecule has 0 aliphatic heterocycles. The molecule has 0 radical (unpaired) electrons. The molecule has 0 aliphatic carbocycles. The minimum Gasteiger partial charge on any atom is -0.355 e. The van der Waals surface area contributed by atoms with Gasteiger partial charge >= 0.3 is 0 Å². The van der Waals surface area contributed by atoms with Gasteiger partial charge in [0.2, 0.25) is 0 Å². The maximum Gasteiger partial charge on any atom is 0.273 e. The van der Waals surface area contributed by atoms with E-state index in [9.17, 15) is 4.79 Å². The molecule has 6 heteroatoms. The Balaban J connectivity index is 1.66. The molecule has 24 heavy (non-hydrogen) atoms. The Morgan fingerprint density at radius 1 is 1.25 bits per heavy atom. The van der Waals surface area contributed by atoms with Gasteiger partial charge in [-0.05, 0) is 31.1 Å². The Bertz CT molecular complexity index is 782. The zero-order chi connectivity index (χ0) is 16.9. The summed E-state index contributed by atoms with van der Waals surface area (Å²) in [7, 11) is 3.99. The van der Waals surface area contributed by atoms with Crippen molar-refractivity contribution < 1.29 is 9.32 Å². The van der Waals surface area contributed by atoms with Gasteiger partial charge in [0.05, 0.1) is 10.9 Å². The van der Waals surface area contributed by atoms with Crippen LogP contribution in [-0.2, 0) is 0 Å². The van der Waals surface area contributed by atoms with E-state index < -0.39 is 0 Å². The van der Waals surface area contributed by atoms with E-state index in [-0.39, 0.29) is 11.9 Å². The number of hydrogen-bond donors (Lipinski definition) is 1. The van der Waals surface area contributed by atoms with Gasteiger partial charge in [-0.1, -0.05) is 41.6 Å². The first-order chi connectivity index (χ1) is 11.6. The molecule has 0 fully saturated rings. The van der Waals surface area contributed by atoms with Crippen LogP contribution in [0.25, 0.3) is 10.6 Å². The predicted molar refractivity (Wildman–Crippen MR) is 95.0 cm³/mol. The standard InChI is InChI=1S/C18H19N3O2S/c1-21(2)15(13-7-4-3-5-8-13)12-19-18(22)14-11-16(23-20-14)17-9-6-10-24-17/h3-11,15H,12H2,1-2H3,(H,19,22)/t15-/m1/s1. The molecule has 0 spiro atoms. The van der Waals surface area contributed by atoms with E-state index in [0.717, 1.165) is 10.4 Å². The number of carbonyl (C=O) groups is 1. The fraction of sp³-hybridized carbons (Fsp3) is 0.222. The van der Waals surface area contributed by atoms with Crippen molar-refractivity contribution >= 4 is 17.2 Å². The number of benzene rings is 1. The molecule has 1 amide bonds. The van der Waals surface area contributed by atoms with E-state index in [1.165, 1.54) is 0 Å². The van der Waals surface area contributed by atoms with Gasteiger partial charge in [-0.25, -0.2) is 0 Å². The van der Waals surface area contributed by atoms with Crippen LogP contribution in [-0.4, -0.2) is 36.6 Å². The van der Waals surface area contributed by atoms with Gasteiger partial charge in [-0.2, -0.15) is 0 Å². The Morgan fingerprint density at radius 2 is 2.04 bits per heavy atom. The van der Waals surface area contributed by atoms with Crippen LogP contribution in [0.5, 0.6) is 0 Å². The van der Waals surface area contributed by atoms with Crippen LogP contribution in [0.2, 0.25) is 0 Å². The number of carbonyl (C=O) groups excluding carboxylic acids is 1. The van der Waals surface area contributed by atoms with Crippen molar-refractivity contribution in [2.45, 2.75) is 6.04 Å². The largest absolute Gasteiger partial charge is 0.355 e. The molecular formula is C18H19N3O2S. The first kappa shape index (κ1) is 16.4. The van der Waals surface area contributed by atoms with Crippen LogP contribution >= 0.6 is 11.3 Å².